The first-order chi connectivity index (χ1) is 14.8. The van der Waals surface area contributed by atoms with Crippen molar-refractivity contribution >= 4 is 28.7 Å². The molecule has 0 fully saturated rings. The van der Waals surface area contributed by atoms with Crippen LogP contribution in [0.3, 0.4) is 0 Å². The minimum atomic E-state index is -0.784. The van der Waals surface area contributed by atoms with Gasteiger partial charge in [-0.15, -0.1) is 0 Å². The Balaban J connectivity index is 1.87. The molecule has 0 saturated heterocycles. The lowest BCUT2D eigenvalue weighted by molar-refractivity contribution is -0.889. The summed E-state index contributed by atoms with van der Waals surface area (Å²) in [6.45, 7) is 5.94. The lowest BCUT2D eigenvalue weighted by atomic mass is 10.0. The standard InChI is InChI=1S/C23H21F2N3O2S/c1-13(2)31-27-16-5-7-21(30-22-6-4-15(24)11-20(22)25)19(12-16)18-10-14(3)28(29)23-17(18)8-9-26-23/h4-13,27,29H,1-3H3/p+1. The van der Waals surface area contributed by atoms with Crippen molar-refractivity contribution in [3.63, 3.8) is 0 Å². The van der Waals surface area contributed by atoms with E-state index in [1.807, 2.05) is 24.3 Å². The Kier molecular flexibility index (Phi) is 5.73. The molecule has 0 radical (unpaired) electrons. The van der Waals surface area contributed by atoms with Gasteiger partial charge in [0, 0.05) is 35.1 Å². The largest absolute Gasteiger partial charge is 0.454 e. The minimum absolute atomic E-state index is 0.0740. The molecule has 0 amide bonds. The molecular weight excluding hydrogens is 420 g/mol. The molecule has 0 aliphatic carbocycles. The number of aromatic amines is 1. The summed E-state index contributed by atoms with van der Waals surface area (Å²) < 4.78 is 37.8. The molecule has 5 nitrogen and oxygen atoms in total. The van der Waals surface area contributed by atoms with Crippen LogP contribution in [0.2, 0.25) is 0 Å². The van der Waals surface area contributed by atoms with E-state index in [0.29, 0.717) is 27.9 Å². The normalized spacial score (nSPS) is 11.3. The molecule has 4 aromatic rings. The van der Waals surface area contributed by atoms with Crippen molar-refractivity contribution in [3.8, 4) is 22.6 Å². The number of benzene rings is 2. The predicted molar refractivity (Wildman–Crippen MR) is 119 cm³/mol. The fourth-order valence-electron chi connectivity index (χ4n) is 3.26. The zero-order chi connectivity index (χ0) is 22.1. The quantitative estimate of drug-likeness (QED) is 0.189. The van der Waals surface area contributed by atoms with Gasteiger partial charge in [-0.05, 0) is 59.1 Å². The van der Waals surface area contributed by atoms with Gasteiger partial charge in [0.25, 0.3) is 0 Å². The number of aromatic nitrogens is 2. The number of hydrogen-bond acceptors (Lipinski definition) is 4. The first-order valence-corrected chi connectivity index (χ1v) is 10.6. The summed E-state index contributed by atoms with van der Waals surface area (Å²) in [5.41, 5.74) is 3.49. The number of fused-ring (bicyclic) bond motifs is 1. The fourth-order valence-corrected chi connectivity index (χ4v) is 3.75. The van der Waals surface area contributed by atoms with E-state index in [9.17, 15) is 14.0 Å². The number of anilines is 1. The molecule has 0 saturated carbocycles. The molecule has 160 valence electrons. The van der Waals surface area contributed by atoms with Crippen molar-refractivity contribution < 1.29 is 23.5 Å². The van der Waals surface area contributed by atoms with Gasteiger partial charge in [0.15, 0.2) is 11.6 Å². The van der Waals surface area contributed by atoms with Crippen LogP contribution in [0.1, 0.15) is 19.5 Å². The van der Waals surface area contributed by atoms with E-state index in [2.05, 4.69) is 23.6 Å². The van der Waals surface area contributed by atoms with Gasteiger partial charge >= 0.3 is 5.65 Å². The number of rotatable bonds is 6. The van der Waals surface area contributed by atoms with Crippen LogP contribution >= 0.6 is 11.9 Å². The first-order valence-electron chi connectivity index (χ1n) is 9.74. The Bertz CT molecular complexity index is 1260. The molecule has 31 heavy (non-hydrogen) atoms. The number of nitrogens with one attached hydrogen (secondary N) is 2. The van der Waals surface area contributed by atoms with E-state index in [1.165, 1.54) is 6.07 Å². The van der Waals surface area contributed by atoms with Gasteiger partial charge in [0.2, 0.25) is 0 Å². The summed E-state index contributed by atoms with van der Waals surface area (Å²) in [7, 11) is 0. The van der Waals surface area contributed by atoms with E-state index in [4.69, 9.17) is 4.74 Å². The van der Waals surface area contributed by atoms with Crippen LogP contribution in [0.25, 0.3) is 22.2 Å². The minimum Gasteiger partial charge on any atom is -0.454 e. The number of pyridine rings is 1. The molecule has 0 atom stereocenters. The predicted octanol–water partition coefficient (Wildman–Crippen LogP) is 6.21. The van der Waals surface area contributed by atoms with Crippen molar-refractivity contribution in [1.82, 2.24) is 4.98 Å². The van der Waals surface area contributed by atoms with Crippen molar-refractivity contribution in [2.75, 3.05) is 4.72 Å². The smallest absolute Gasteiger partial charge is 0.326 e. The van der Waals surface area contributed by atoms with E-state index in [1.54, 1.807) is 31.1 Å². The van der Waals surface area contributed by atoms with Crippen LogP contribution in [0.4, 0.5) is 14.5 Å². The van der Waals surface area contributed by atoms with Crippen LogP contribution in [0.15, 0.2) is 54.7 Å². The van der Waals surface area contributed by atoms with Gasteiger partial charge in [0.05, 0.1) is 11.6 Å². The highest BCUT2D eigenvalue weighted by Crippen LogP contribution is 2.39. The summed E-state index contributed by atoms with van der Waals surface area (Å²) >= 11 is 1.57. The van der Waals surface area contributed by atoms with Gasteiger partial charge in [0.1, 0.15) is 17.3 Å². The fraction of sp³-hybridized carbons (Fsp3) is 0.174. The molecule has 3 N–H and O–H groups in total. The zero-order valence-corrected chi connectivity index (χ0v) is 18.1. The Morgan fingerprint density at radius 1 is 1.03 bits per heavy atom. The Morgan fingerprint density at radius 3 is 2.55 bits per heavy atom. The van der Waals surface area contributed by atoms with E-state index in [0.717, 1.165) is 33.5 Å². The monoisotopic (exact) mass is 442 g/mol. The number of nitrogens with zero attached hydrogens (tertiary/aromatic N) is 1. The van der Waals surface area contributed by atoms with E-state index >= 15 is 0 Å². The molecular formula is C23H22F2N3O2S+. The van der Waals surface area contributed by atoms with E-state index < -0.39 is 11.6 Å². The second-order valence-electron chi connectivity index (χ2n) is 7.41. The van der Waals surface area contributed by atoms with Crippen molar-refractivity contribution in [3.05, 3.63) is 72.1 Å². The van der Waals surface area contributed by atoms with Crippen LogP contribution < -0.4 is 14.2 Å². The highest BCUT2D eigenvalue weighted by atomic mass is 32.2. The summed E-state index contributed by atoms with van der Waals surface area (Å²) in [6.07, 6.45) is 1.73. The molecule has 0 unspecified atom stereocenters. The first kappa shape index (κ1) is 21.0. The highest BCUT2D eigenvalue weighted by Gasteiger charge is 2.20. The number of ether oxygens (including phenoxy) is 1. The van der Waals surface area contributed by atoms with Gasteiger partial charge in [-0.3, -0.25) is 0 Å². The summed E-state index contributed by atoms with van der Waals surface area (Å²) in [4.78, 5) is 3.03. The second-order valence-corrected chi connectivity index (χ2v) is 8.79. The third kappa shape index (κ3) is 4.29. The average molecular weight is 443 g/mol. The molecule has 0 aliphatic heterocycles. The van der Waals surface area contributed by atoms with Gasteiger partial charge in [-0.25, -0.2) is 13.8 Å². The maximum absolute atomic E-state index is 14.3. The second kappa shape index (κ2) is 8.47. The topological polar surface area (TPSA) is 61.2 Å². The maximum Gasteiger partial charge on any atom is 0.326 e. The number of hydrogen-bond donors (Lipinski definition) is 3. The van der Waals surface area contributed by atoms with Crippen LogP contribution in [0, 0.1) is 18.6 Å². The molecule has 0 spiro atoms. The van der Waals surface area contributed by atoms with Crippen molar-refractivity contribution in [2.24, 2.45) is 0 Å². The molecule has 8 heteroatoms. The van der Waals surface area contributed by atoms with Crippen molar-refractivity contribution in [2.45, 2.75) is 26.0 Å². The number of H-pyrrole nitrogens is 1. The Hall–Kier alpha value is -3.26. The lowest BCUT2D eigenvalue weighted by Gasteiger charge is -2.16. The summed E-state index contributed by atoms with van der Waals surface area (Å²) in [6, 6.07) is 12.4. The van der Waals surface area contributed by atoms with Gasteiger partial charge in [-0.1, -0.05) is 13.8 Å². The summed E-state index contributed by atoms with van der Waals surface area (Å²) in [5.74, 6) is -1.12. The molecule has 2 aromatic heterocycles. The molecule has 4 rings (SSSR count). The van der Waals surface area contributed by atoms with Crippen LogP contribution in [-0.4, -0.2) is 15.4 Å². The average Bonchev–Trinajstić information content (AvgIpc) is 3.22. The van der Waals surface area contributed by atoms with Crippen LogP contribution in [0.5, 0.6) is 11.5 Å². The Morgan fingerprint density at radius 2 is 1.81 bits per heavy atom. The van der Waals surface area contributed by atoms with Gasteiger partial charge in [-0.2, -0.15) is 0 Å². The molecule has 0 bridgehead atoms. The Labute approximate surface area is 182 Å². The SMILES string of the molecule is Cc1cc(-c2cc(NSC(C)C)ccc2Oc2ccc(F)cc2F)c2cc[nH]c2[n+]1O. The maximum atomic E-state index is 14.3. The molecule has 2 heterocycles. The lowest BCUT2D eigenvalue weighted by Crippen LogP contribution is -2.34. The van der Waals surface area contributed by atoms with Gasteiger partial charge < -0.3 is 14.7 Å². The molecule has 0 aliphatic rings. The zero-order valence-electron chi connectivity index (χ0n) is 17.2. The van der Waals surface area contributed by atoms with E-state index in [-0.39, 0.29) is 5.75 Å². The number of aryl methyl sites for hydroxylation is 1. The number of halogens is 2. The van der Waals surface area contributed by atoms with Crippen LogP contribution in [-0.2, 0) is 0 Å². The highest BCUT2D eigenvalue weighted by molar-refractivity contribution is 8.01. The third-order valence-electron chi connectivity index (χ3n) is 4.71. The van der Waals surface area contributed by atoms with Crippen molar-refractivity contribution in [1.29, 1.82) is 0 Å². The third-order valence-corrected chi connectivity index (χ3v) is 5.54. The summed E-state index contributed by atoms with van der Waals surface area (Å²) in [5, 5.41) is 11.5. The molecule has 2 aromatic carbocycles.